The highest BCUT2D eigenvalue weighted by atomic mass is 79.9. The van der Waals surface area contributed by atoms with Gasteiger partial charge in [-0.2, -0.15) is 0 Å². The third-order valence-electron chi connectivity index (χ3n) is 3.22. The second kappa shape index (κ2) is 5.38. The van der Waals surface area contributed by atoms with Crippen LogP contribution in [0.5, 0.6) is 0 Å². The van der Waals surface area contributed by atoms with Crippen LogP contribution in [0.3, 0.4) is 0 Å². The monoisotopic (exact) mass is 299 g/mol. The standard InChI is InChI=1S/C13H18BrNO2/c1-2-17-10-7-13(8-10,9-16)15-12-6-4-3-5-11(12)14/h3-6,10,15-16H,2,7-9H2,1H3. The molecule has 4 heteroatoms. The van der Waals surface area contributed by atoms with E-state index in [2.05, 4.69) is 21.2 Å². The van der Waals surface area contributed by atoms with Gasteiger partial charge in [-0.1, -0.05) is 12.1 Å². The summed E-state index contributed by atoms with van der Waals surface area (Å²) in [5.41, 5.74) is 0.806. The first-order chi connectivity index (χ1) is 8.19. The highest BCUT2D eigenvalue weighted by Gasteiger charge is 2.44. The molecule has 0 atom stereocenters. The maximum atomic E-state index is 9.54. The molecule has 2 N–H and O–H groups in total. The van der Waals surface area contributed by atoms with Gasteiger partial charge in [0.05, 0.1) is 18.2 Å². The minimum atomic E-state index is -0.219. The topological polar surface area (TPSA) is 41.5 Å². The number of ether oxygens (including phenoxy) is 1. The zero-order valence-corrected chi connectivity index (χ0v) is 11.5. The molecule has 1 saturated carbocycles. The number of anilines is 1. The van der Waals surface area contributed by atoms with Gasteiger partial charge in [0.25, 0.3) is 0 Å². The lowest BCUT2D eigenvalue weighted by molar-refractivity contribution is -0.0458. The second-order valence-corrected chi connectivity index (χ2v) is 5.38. The fourth-order valence-corrected chi connectivity index (χ4v) is 2.67. The Bertz CT molecular complexity index is 377. The van der Waals surface area contributed by atoms with E-state index in [4.69, 9.17) is 4.74 Å². The molecule has 94 valence electrons. The molecule has 0 unspecified atom stereocenters. The quantitative estimate of drug-likeness (QED) is 0.878. The maximum Gasteiger partial charge on any atom is 0.0663 e. The van der Waals surface area contributed by atoms with Crippen molar-refractivity contribution < 1.29 is 9.84 Å². The van der Waals surface area contributed by atoms with Crippen LogP contribution in [-0.4, -0.2) is 30.0 Å². The van der Waals surface area contributed by atoms with Gasteiger partial charge in [-0.15, -0.1) is 0 Å². The number of hydrogen-bond acceptors (Lipinski definition) is 3. The average Bonchev–Trinajstić information content (AvgIpc) is 2.29. The minimum absolute atomic E-state index is 0.137. The van der Waals surface area contributed by atoms with Crippen molar-refractivity contribution in [2.75, 3.05) is 18.5 Å². The van der Waals surface area contributed by atoms with E-state index in [1.54, 1.807) is 0 Å². The molecule has 0 aromatic heterocycles. The van der Waals surface area contributed by atoms with Crippen molar-refractivity contribution in [1.82, 2.24) is 0 Å². The lowest BCUT2D eigenvalue weighted by Gasteiger charge is -2.47. The summed E-state index contributed by atoms with van der Waals surface area (Å²) in [5.74, 6) is 0. The summed E-state index contributed by atoms with van der Waals surface area (Å²) < 4.78 is 6.56. The van der Waals surface area contributed by atoms with Gasteiger partial charge < -0.3 is 15.2 Å². The van der Waals surface area contributed by atoms with E-state index in [9.17, 15) is 5.11 Å². The van der Waals surface area contributed by atoms with Crippen molar-refractivity contribution in [3.05, 3.63) is 28.7 Å². The molecule has 0 spiro atoms. The SMILES string of the molecule is CCOC1CC(CO)(Nc2ccccc2Br)C1. The predicted octanol–water partition coefficient (Wildman–Crippen LogP) is 2.79. The Hall–Kier alpha value is -0.580. The third kappa shape index (κ3) is 2.81. The van der Waals surface area contributed by atoms with Crippen LogP contribution in [0, 0.1) is 0 Å². The van der Waals surface area contributed by atoms with Gasteiger partial charge in [-0.25, -0.2) is 0 Å². The molecule has 1 aromatic carbocycles. The number of aliphatic hydroxyl groups is 1. The van der Waals surface area contributed by atoms with Crippen molar-refractivity contribution >= 4 is 21.6 Å². The van der Waals surface area contributed by atoms with Gasteiger partial charge in [0.2, 0.25) is 0 Å². The Morgan fingerprint density at radius 2 is 2.18 bits per heavy atom. The largest absolute Gasteiger partial charge is 0.394 e. The molecule has 1 aliphatic rings. The summed E-state index contributed by atoms with van der Waals surface area (Å²) in [4.78, 5) is 0. The molecular weight excluding hydrogens is 282 g/mol. The first-order valence-corrected chi connectivity index (χ1v) is 6.73. The van der Waals surface area contributed by atoms with Crippen LogP contribution < -0.4 is 5.32 Å². The molecule has 0 amide bonds. The van der Waals surface area contributed by atoms with Crippen molar-refractivity contribution in [2.45, 2.75) is 31.4 Å². The van der Waals surface area contributed by atoms with Gasteiger partial charge in [0, 0.05) is 16.8 Å². The Balaban J connectivity index is 2.00. The van der Waals surface area contributed by atoms with Gasteiger partial charge >= 0.3 is 0 Å². The molecule has 3 nitrogen and oxygen atoms in total. The summed E-state index contributed by atoms with van der Waals surface area (Å²) in [7, 11) is 0. The van der Waals surface area contributed by atoms with Crippen LogP contribution in [0.4, 0.5) is 5.69 Å². The summed E-state index contributed by atoms with van der Waals surface area (Å²) in [6.07, 6.45) is 2.00. The van der Waals surface area contributed by atoms with E-state index in [1.165, 1.54) is 0 Å². The van der Waals surface area contributed by atoms with E-state index >= 15 is 0 Å². The zero-order chi connectivity index (χ0) is 12.3. The maximum absolute atomic E-state index is 9.54. The van der Waals surface area contributed by atoms with Crippen LogP contribution >= 0.6 is 15.9 Å². The molecule has 0 bridgehead atoms. The average molecular weight is 300 g/mol. The van der Waals surface area contributed by atoms with Crippen LogP contribution in [0.2, 0.25) is 0 Å². The number of para-hydroxylation sites is 1. The van der Waals surface area contributed by atoms with Crippen LogP contribution in [0.1, 0.15) is 19.8 Å². The predicted molar refractivity (Wildman–Crippen MR) is 72.2 cm³/mol. The minimum Gasteiger partial charge on any atom is -0.394 e. The number of rotatable bonds is 5. The number of hydrogen-bond donors (Lipinski definition) is 2. The van der Waals surface area contributed by atoms with E-state index < -0.39 is 0 Å². The van der Waals surface area contributed by atoms with E-state index in [-0.39, 0.29) is 18.2 Å². The van der Waals surface area contributed by atoms with Gasteiger partial charge in [-0.05, 0) is 47.8 Å². The molecule has 0 aliphatic heterocycles. The third-order valence-corrected chi connectivity index (χ3v) is 3.91. The zero-order valence-electron chi connectivity index (χ0n) is 9.95. The van der Waals surface area contributed by atoms with Crippen molar-refractivity contribution in [1.29, 1.82) is 0 Å². The number of nitrogens with one attached hydrogen (secondary N) is 1. The summed E-state index contributed by atoms with van der Waals surface area (Å²) in [6, 6.07) is 7.96. The number of halogens is 1. The fourth-order valence-electron chi connectivity index (χ4n) is 2.28. The summed E-state index contributed by atoms with van der Waals surface area (Å²) in [6.45, 7) is 2.87. The second-order valence-electron chi connectivity index (χ2n) is 4.53. The smallest absolute Gasteiger partial charge is 0.0663 e. The van der Waals surface area contributed by atoms with Crippen molar-refractivity contribution in [2.24, 2.45) is 0 Å². The molecule has 0 heterocycles. The molecule has 0 radical (unpaired) electrons. The Kier molecular flexibility index (Phi) is 4.07. The van der Waals surface area contributed by atoms with Crippen LogP contribution in [-0.2, 0) is 4.74 Å². The van der Waals surface area contributed by atoms with Gasteiger partial charge in [0.1, 0.15) is 0 Å². The summed E-state index contributed by atoms with van der Waals surface area (Å²) >= 11 is 3.50. The fraction of sp³-hybridized carbons (Fsp3) is 0.538. The molecule has 2 rings (SSSR count). The van der Waals surface area contributed by atoms with Crippen LogP contribution in [0.25, 0.3) is 0 Å². The lowest BCUT2D eigenvalue weighted by atomic mass is 9.74. The highest BCUT2D eigenvalue weighted by Crippen LogP contribution is 2.38. The van der Waals surface area contributed by atoms with E-state index in [1.807, 2.05) is 31.2 Å². The van der Waals surface area contributed by atoms with Gasteiger partial charge in [-0.3, -0.25) is 0 Å². The van der Waals surface area contributed by atoms with Gasteiger partial charge in [0.15, 0.2) is 0 Å². The number of aliphatic hydroxyl groups excluding tert-OH is 1. The van der Waals surface area contributed by atoms with Crippen LogP contribution in [0.15, 0.2) is 28.7 Å². The Morgan fingerprint density at radius 1 is 1.47 bits per heavy atom. The molecular formula is C13H18BrNO2. The first-order valence-electron chi connectivity index (χ1n) is 5.94. The Labute approximate surface area is 110 Å². The molecule has 17 heavy (non-hydrogen) atoms. The molecule has 0 saturated heterocycles. The molecule has 1 aromatic rings. The first kappa shape index (κ1) is 12.9. The molecule has 1 aliphatic carbocycles. The van der Waals surface area contributed by atoms with Crippen molar-refractivity contribution in [3.63, 3.8) is 0 Å². The Morgan fingerprint density at radius 3 is 2.76 bits per heavy atom. The number of benzene rings is 1. The normalized spacial score (nSPS) is 27.6. The lowest BCUT2D eigenvalue weighted by Crippen LogP contribution is -2.56. The highest BCUT2D eigenvalue weighted by molar-refractivity contribution is 9.10. The molecule has 1 fully saturated rings. The van der Waals surface area contributed by atoms with Crippen molar-refractivity contribution in [3.8, 4) is 0 Å². The van der Waals surface area contributed by atoms with E-state index in [0.29, 0.717) is 0 Å². The van der Waals surface area contributed by atoms with E-state index in [0.717, 1.165) is 29.6 Å². The summed E-state index contributed by atoms with van der Waals surface area (Å²) in [5, 5.41) is 13.0.